The smallest absolute Gasteiger partial charge is 0.233 e. The van der Waals surface area contributed by atoms with E-state index in [-0.39, 0.29) is 12.5 Å². The molecule has 4 heteroatoms. The Morgan fingerprint density at radius 2 is 2.06 bits per heavy atom. The fraction of sp³-hybridized carbons (Fsp3) is 0.923. The SMILES string of the molecule is CCCCNC(=O)CNCC(C)(O)CC(C)C. The molecule has 3 N–H and O–H groups in total. The van der Waals surface area contributed by atoms with Gasteiger partial charge in [-0.25, -0.2) is 0 Å². The zero-order valence-corrected chi connectivity index (χ0v) is 11.7. The molecule has 0 radical (unpaired) electrons. The van der Waals surface area contributed by atoms with Crippen LogP contribution in [0.2, 0.25) is 0 Å². The van der Waals surface area contributed by atoms with Crippen LogP contribution < -0.4 is 10.6 Å². The Kier molecular flexibility index (Phi) is 8.17. The molecule has 0 saturated heterocycles. The fourth-order valence-electron chi connectivity index (χ4n) is 1.86. The topological polar surface area (TPSA) is 61.4 Å². The molecule has 0 heterocycles. The maximum atomic E-state index is 11.4. The number of hydrogen-bond acceptors (Lipinski definition) is 3. The van der Waals surface area contributed by atoms with Gasteiger partial charge in [0.25, 0.3) is 0 Å². The average Bonchev–Trinajstić information content (AvgIpc) is 2.15. The van der Waals surface area contributed by atoms with Crippen LogP contribution in [0, 0.1) is 5.92 Å². The molecule has 0 saturated carbocycles. The monoisotopic (exact) mass is 244 g/mol. The van der Waals surface area contributed by atoms with Crippen molar-refractivity contribution in [2.75, 3.05) is 19.6 Å². The molecule has 102 valence electrons. The van der Waals surface area contributed by atoms with E-state index in [4.69, 9.17) is 0 Å². The van der Waals surface area contributed by atoms with Crippen molar-refractivity contribution in [3.05, 3.63) is 0 Å². The Hall–Kier alpha value is -0.610. The van der Waals surface area contributed by atoms with Gasteiger partial charge in [-0.15, -0.1) is 0 Å². The zero-order chi connectivity index (χ0) is 13.3. The molecule has 0 aliphatic carbocycles. The maximum Gasteiger partial charge on any atom is 0.233 e. The second kappa shape index (κ2) is 8.48. The Morgan fingerprint density at radius 3 is 2.59 bits per heavy atom. The number of hydrogen-bond donors (Lipinski definition) is 3. The largest absolute Gasteiger partial charge is 0.389 e. The highest BCUT2D eigenvalue weighted by atomic mass is 16.3. The highest BCUT2D eigenvalue weighted by Gasteiger charge is 2.21. The fourth-order valence-corrected chi connectivity index (χ4v) is 1.86. The van der Waals surface area contributed by atoms with Crippen LogP contribution in [-0.4, -0.2) is 36.2 Å². The minimum atomic E-state index is -0.738. The van der Waals surface area contributed by atoms with E-state index in [9.17, 15) is 9.90 Å². The lowest BCUT2D eigenvalue weighted by atomic mass is 9.94. The lowest BCUT2D eigenvalue weighted by Crippen LogP contribution is -2.43. The molecule has 1 unspecified atom stereocenters. The van der Waals surface area contributed by atoms with Crippen LogP contribution in [-0.2, 0) is 4.79 Å². The zero-order valence-electron chi connectivity index (χ0n) is 11.7. The number of carbonyl (C=O) groups excluding carboxylic acids is 1. The summed E-state index contributed by atoms with van der Waals surface area (Å²) in [6.45, 7) is 9.50. The quantitative estimate of drug-likeness (QED) is 0.536. The standard InChI is InChI=1S/C13H28N2O2/c1-5-6-7-15-12(16)9-14-10-13(4,17)8-11(2)3/h11,14,17H,5-10H2,1-4H3,(H,15,16). The van der Waals surface area contributed by atoms with Gasteiger partial charge in [0.2, 0.25) is 5.91 Å². The van der Waals surface area contributed by atoms with E-state index in [1.165, 1.54) is 0 Å². The summed E-state index contributed by atoms with van der Waals surface area (Å²) in [7, 11) is 0. The number of rotatable bonds is 9. The molecule has 1 atom stereocenters. The average molecular weight is 244 g/mol. The predicted molar refractivity (Wildman–Crippen MR) is 70.9 cm³/mol. The summed E-state index contributed by atoms with van der Waals surface area (Å²) in [5, 5.41) is 15.8. The molecular weight excluding hydrogens is 216 g/mol. The van der Waals surface area contributed by atoms with Crippen LogP contribution in [0.15, 0.2) is 0 Å². The van der Waals surface area contributed by atoms with Crippen LogP contribution in [0.4, 0.5) is 0 Å². The van der Waals surface area contributed by atoms with E-state index in [0.29, 0.717) is 12.5 Å². The normalized spacial score (nSPS) is 14.7. The van der Waals surface area contributed by atoms with Crippen LogP contribution >= 0.6 is 0 Å². The lowest BCUT2D eigenvalue weighted by molar-refractivity contribution is -0.120. The van der Waals surface area contributed by atoms with E-state index in [1.807, 2.05) is 0 Å². The Bertz CT molecular complexity index is 215. The van der Waals surface area contributed by atoms with Crippen molar-refractivity contribution in [2.24, 2.45) is 5.92 Å². The van der Waals surface area contributed by atoms with Gasteiger partial charge in [-0.3, -0.25) is 4.79 Å². The van der Waals surface area contributed by atoms with E-state index in [1.54, 1.807) is 6.92 Å². The minimum Gasteiger partial charge on any atom is -0.389 e. The molecule has 0 aromatic heterocycles. The first-order valence-electron chi connectivity index (χ1n) is 6.57. The van der Waals surface area contributed by atoms with Crippen LogP contribution in [0.1, 0.15) is 47.0 Å². The first-order valence-corrected chi connectivity index (χ1v) is 6.57. The Labute approximate surface area is 105 Å². The number of nitrogens with one attached hydrogen (secondary N) is 2. The van der Waals surface area contributed by atoms with Gasteiger partial charge in [-0.2, -0.15) is 0 Å². The maximum absolute atomic E-state index is 11.4. The van der Waals surface area contributed by atoms with Crippen molar-refractivity contribution in [2.45, 2.75) is 52.6 Å². The van der Waals surface area contributed by atoms with E-state index < -0.39 is 5.60 Å². The molecule has 0 aliphatic rings. The summed E-state index contributed by atoms with van der Waals surface area (Å²) in [6, 6.07) is 0. The summed E-state index contributed by atoms with van der Waals surface area (Å²) < 4.78 is 0. The summed E-state index contributed by atoms with van der Waals surface area (Å²) in [5.41, 5.74) is -0.738. The van der Waals surface area contributed by atoms with Crippen molar-refractivity contribution in [3.63, 3.8) is 0 Å². The van der Waals surface area contributed by atoms with Crippen molar-refractivity contribution in [1.29, 1.82) is 0 Å². The highest BCUT2D eigenvalue weighted by molar-refractivity contribution is 5.77. The Balaban J connectivity index is 3.64. The predicted octanol–water partition coefficient (Wildman–Crippen LogP) is 1.29. The molecule has 17 heavy (non-hydrogen) atoms. The van der Waals surface area contributed by atoms with E-state index in [2.05, 4.69) is 31.4 Å². The van der Waals surface area contributed by atoms with Crippen molar-refractivity contribution in [1.82, 2.24) is 10.6 Å². The van der Waals surface area contributed by atoms with Gasteiger partial charge < -0.3 is 15.7 Å². The summed E-state index contributed by atoms with van der Waals surface area (Å²) in [4.78, 5) is 11.4. The van der Waals surface area contributed by atoms with Crippen LogP contribution in [0.3, 0.4) is 0 Å². The first kappa shape index (κ1) is 16.4. The van der Waals surface area contributed by atoms with Gasteiger partial charge in [0.1, 0.15) is 0 Å². The van der Waals surface area contributed by atoms with Gasteiger partial charge in [-0.1, -0.05) is 27.2 Å². The second-order valence-corrected chi connectivity index (χ2v) is 5.40. The van der Waals surface area contributed by atoms with Gasteiger partial charge in [0, 0.05) is 13.1 Å². The van der Waals surface area contributed by atoms with Gasteiger partial charge in [-0.05, 0) is 25.7 Å². The molecule has 0 aromatic carbocycles. The van der Waals surface area contributed by atoms with Gasteiger partial charge in [0.15, 0.2) is 0 Å². The van der Waals surface area contributed by atoms with Crippen LogP contribution in [0.5, 0.6) is 0 Å². The van der Waals surface area contributed by atoms with Crippen molar-refractivity contribution < 1.29 is 9.90 Å². The van der Waals surface area contributed by atoms with E-state index in [0.717, 1.165) is 25.8 Å². The first-order chi connectivity index (χ1) is 7.87. The minimum absolute atomic E-state index is 0.00111. The number of aliphatic hydroxyl groups is 1. The molecule has 0 spiro atoms. The molecule has 0 bridgehead atoms. The number of unbranched alkanes of at least 4 members (excludes halogenated alkanes) is 1. The second-order valence-electron chi connectivity index (χ2n) is 5.40. The molecule has 0 fully saturated rings. The highest BCUT2D eigenvalue weighted by Crippen LogP contribution is 2.14. The third kappa shape index (κ3) is 10.3. The third-order valence-electron chi connectivity index (χ3n) is 2.49. The van der Waals surface area contributed by atoms with Gasteiger partial charge in [0.05, 0.1) is 12.1 Å². The lowest BCUT2D eigenvalue weighted by Gasteiger charge is -2.25. The molecule has 0 aromatic rings. The molecule has 1 amide bonds. The molecule has 4 nitrogen and oxygen atoms in total. The molecule has 0 aliphatic heterocycles. The third-order valence-corrected chi connectivity index (χ3v) is 2.49. The van der Waals surface area contributed by atoms with Crippen molar-refractivity contribution in [3.8, 4) is 0 Å². The summed E-state index contributed by atoms with van der Waals surface area (Å²) >= 11 is 0. The van der Waals surface area contributed by atoms with Crippen molar-refractivity contribution >= 4 is 5.91 Å². The summed E-state index contributed by atoms with van der Waals surface area (Å²) in [5.74, 6) is 0.448. The van der Waals surface area contributed by atoms with E-state index >= 15 is 0 Å². The Morgan fingerprint density at radius 1 is 1.41 bits per heavy atom. The molecule has 0 rings (SSSR count). The number of carbonyl (C=O) groups is 1. The number of amides is 1. The van der Waals surface area contributed by atoms with Crippen LogP contribution in [0.25, 0.3) is 0 Å². The summed E-state index contributed by atoms with van der Waals surface area (Å²) in [6.07, 6.45) is 2.82. The van der Waals surface area contributed by atoms with Gasteiger partial charge >= 0.3 is 0 Å². The molecular formula is C13H28N2O2.